The third-order valence-electron chi connectivity index (χ3n) is 6.16. The Balaban J connectivity index is 1.34. The molecule has 1 atom stereocenters. The first kappa shape index (κ1) is 24.3. The quantitative estimate of drug-likeness (QED) is 0.449. The van der Waals surface area contributed by atoms with Crippen LogP contribution in [-0.4, -0.2) is 48.6 Å². The molecule has 3 aromatic rings. The monoisotopic (exact) mass is 477 g/mol. The molecule has 34 heavy (non-hydrogen) atoms. The minimum Gasteiger partial charge on any atom is -0.368 e. The van der Waals surface area contributed by atoms with E-state index in [0.717, 1.165) is 41.5 Å². The zero-order valence-electron chi connectivity index (χ0n) is 19.8. The van der Waals surface area contributed by atoms with Crippen LogP contribution in [0.25, 0.3) is 0 Å². The number of rotatable bonds is 7. The van der Waals surface area contributed by atoms with Crippen molar-refractivity contribution in [2.75, 3.05) is 38.0 Å². The number of hydrogen-bond donors (Lipinski definition) is 1. The number of benzene rings is 3. The van der Waals surface area contributed by atoms with Gasteiger partial charge in [-0.15, -0.1) is 0 Å². The number of halogens is 1. The maximum absolute atomic E-state index is 12.7. The molecule has 1 N–H and O–H groups in total. The Morgan fingerprint density at radius 1 is 0.941 bits per heavy atom. The van der Waals surface area contributed by atoms with Crippen molar-refractivity contribution < 1.29 is 9.53 Å². The molecule has 1 fully saturated rings. The molecule has 0 unspecified atom stereocenters. The second-order valence-corrected chi connectivity index (χ2v) is 9.36. The zero-order chi connectivity index (χ0) is 23.9. The van der Waals surface area contributed by atoms with E-state index < -0.39 is 0 Å². The van der Waals surface area contributed by atoms with Crippen molar-refractivity contribution in [2.45, 2.75) is 26.6 Å². The van der Waals surface area contributed by atoms with Gasteiger partial charge >= 0.3 is 6.03 Å². The van der Waals surface area contributed by atoms with E-state index in [2.05, 4.69) is 41.4 Å². The van der Waals surface area contributed by atoms with Crippen LogP contribution in [-0.2, 0) is 11.3 Å². The predicted octanol–water partition coefficient (Wildman–Crippen LogP) is 6.06. The molecule has 0 saturated carbocycles. The van der Waals surface area contributed by atoms with E-state index in [1.807, 2.05) is 60.4 Å². The number of anilines is 1. The van der Waals surface area contributed by atoms with Crippen molar-refractivity contribution in [1.29, 1.82) is 0 Å². The number of carbonyl (C=O) groups excluding carboxylic acids is 1. The lowest BCUT2D eigenvalue weighted by Gasteiger charge is -2.36. The first-order chi connectivity index (χ1) is 16.5. The fourth-order valence-corrected chi connectivity index (χ4v) is 4.26. The number of nitrogens with one attached hydrogen (secondary N) is 1. The highest BCUT2D eigenvalue weighted by atomic mass is 35.5. The van der Waals surface area contributed by atoms with Gasteiger partial charge in [0.15, 0.2) is 0 Å². The van der Waals surface area contributed by atoms with Crippen molar-refractivity contribution in [3.8, 4) is 0 Å². The minimum atomic E-state index is -0.0780. The Bertz CT molecular complexity index is 1080. The van der Waals surface area contributed by atoms with Gasteiger partial charge in [0, 0.05) is 43.4 Å². The summed E-state index contributed by atoms with van der Waals surface area (Å²) < 4.78 is 6.40. The minimum absolute atomic E-state index is 0.0477. The van der Waals surface area contributed by atoms with Crippen molar-refractivity contribution in [1.82, 2.24) is 9.80 Å². The SMILES string of the molecule is Cc1ccc(NC(=O)N2CCN(C[C@@H](OCc3cccc(C)c3)c3ccc(Cl)cc3)CC2)cc1. The van der Waals surface area contributed by atoms with Gasteiger partial charge in [-0.2, -0.15) is 0 Å². The highest BCUT2D eigenvalue weighted by molar-refractivity contribution is 6.30. The Labute approximate surface area is 207 Å². The number of carbonyl (C=O) groups is 1. The summed E-state index contributed by atoms with van der Waals surface area (Å²) in [6.45, 7) is 8.42. The molecule has 1 saturated heterocycles. The lowest BCUT2D eigenvalue weighted by atomic mass is 10.1. The molecule has 6 heteroatoms. The van der Waals surface area contributed by atoms with Crippen molar-refractivity contribution in [3.63, 3.8) is 0 Å². The van der Waals surface area contributed by atoms with Crippen molar-refractivity contribution in [2.24, 2.45) is 0 Å². The number of urea groups is 1. The van der Waals surface area contributed by atoms with Crippen molar-refractivity contribution in [3.05, 3.63) is 100 Å². The average molecular weight is 478 g/mol. The number of hydrogen-bond acceptors (Lipinski definition) is 3. The molecule has 178 valence electrons. The van der Waals surface area contributed by atoms with Gasteiger partial charge in [-0.05, 0) is 49.2 Å². The zero-order valence-corrected chi connectivity index (χ0v) is 20.6. The Kier molecular flexibility index (Phi) is 8.22. The van der Waals surface area contributed by atoms with E-state index in [4.69, 9.17) is 16.3 Å². The van der Waals surface area contributed by atoms with E-state index in [0.29, 0.717) is 19.7 Å². The summed E-state index contributed by atoms with van der Waals surface area (Å²) in [6, 6.07) is 24.1. The lowest BCUT2D eigenvalue weighted by molar-refractivity contribution is 0.00592. The van der Waals surface area contributed by atoms with Crippen molar-refractivity contribution >= 4 is 23.3 Å². The fraction of sp³-hybridized carbons (Fsp3) is 0.321. The standard InChI is InChI=1S/C28H32ClN3O2/c1-21-6-12-26(13-7-21)30-28(33)32-16-14-31(15-17-32)19-27(24-8-10-25(29)11-9-24)34-20-23-5-3-4-22(2)18-23/h3-13,18,27H,14-17,19-20H2,1-2H3,(H,30,33)/t27-/m1/s1. The molecule has 0 aliphatic carbocycles. The third kappa shape index (κ3) is 6.83. The van der Waals surface area contributed by atoms with Gasteiger partial charge in [0.05, 0.1) is 12.7 Å². The summed E-state index contributed by atoms with van der Waals surface area (Å²) in [4.78, 5) is 16.9. The van der Waals surface area contributed by atoms with Crippen LogP contribution in [0.4, 0.5) is 10.5 Å². The molecule has 1 heterocycles. The Hall–Kier alpha value is -2.86. The van der Waals surface area contributed by atoms with Gasteiger partial charge in [-0.25, -0.2) is 4.79 Å². The Morgan fingerprint density at radius 3 is 2.32 bits per heavy atom. The van der Waals surface area contributed by atoms with Crippen LogP contribution < -0.4 is 5.32 Å². The second kappa shape index (κ2) is 11.5. The van der Waals surface area contributed by atoms with Gasteiger partial charge in [-0.1, -0.05) is 71.3 Å². The van der Waals surface area contributed by atoms with Crippen LogP contribution >= 0.6 is 11.6 Å². The molecular weight excluding hydrogens is 446 g/mol. The normalized spacial score (nSPS) is 15.2. The van der Waals surface area contributed by atoms with Crippen LogP contribution in [0, 0.1) is 13.8 Å². The first-order valence-corrected chi connectivity index (χ1v) is 12.1. The average Bonchev–Trinajstić information content (AvgIpc) is 2.84. The molecule has 4 rings (SSSR count). The lowest BCUT2D eigenvalue weighted by Crippen LogP contribution is -2.50. The molecule has 0 spiro atoms. The number of amides is 2. The van der Waals surface area contributed by atoms with E-state index in [1.54, 1.807) is 0 Å². The molecule has 0 bridgehead atoms. The third-order valence-corrected chi connectivity index (χ3v) is 6.41. The molecule has 5 nitrogen and oxygen atoms in total. The second-order valence-electron chi connectivity index (χ2n) is 8.92. The fourth-order valence-electron chi connectivity index (χ4n) is 4.14. The number of nitrogens with zero attached hydrogens (tertiary/aromatic N) is 2. The van der Waals surface area contributed by atoms with Gasteiger partial charge < -0.3 is 15.0 Å². The smallest absolute Gasteiger partial charge is 0.321 e. The van der Waals surface area contributed by atoms with E-state index in [1.165, 1.54) is 11.1 Å². The molecule has 0 radical (unpaired) electrons. The predicted molar refractivity (Wildman–Crippen MR) is 138 cm³/mol. The van der Waals surface area contributed by atoms with Crippen LogP contribution in [0.1, 0.15) is 28.4 Å². The van der Waals surface area contributed by atoms with Crippen LogP contribution in [0.3, 0.4) is 0 Å². The number of aryl methyl sites for hydroxylation is 2. The number of ether oxygens (including phenoxy) is 1. The first-order valence-electron chi connectivity index (χ1n) is 11.7. The Morgan fingerprint density at radius 2 is 1.65 bits per heavy atom. The van der Waals surface area contributed by atoms with Gasteiger partial charge in [0.25, 0.3) is 0 Å². The highest BCUT2D eigenvalue weighted by Crippen LogP contribution is 2.24. The summed E-state index contributed by atoms with van der Waals surface area (Å²) in [6.07, 6.45) is -0.0780. The summed E-state index contributed by atoms with van der Waals surface area (Å²) in [5.41, 5.74) is 5.49. The molecular formula is C28H32ClN3O2. The summed E-state index contributed by atoms with van der Waals surface area (Å²) in [7, 11) is 0. The van der Waals surface area contributed by atoms with E-state index in [9.17, 15) is 4.79 Å². The largest absolute Gasteiger partial charge is 0.368 e. The summed E-state index contributed by atoms with van der Waals surface area (Å²) in [5.74, 6) is 0. The topological polar surface area (TPSA) is 44.8 Å². The number of piperazine rings is 1. The molecule has 0 aromatic heterocycles. The van der Waals surface area contributed by atoms with Crippen LogP contribution in [0.5, 0.6) is 0 Å². The van der Waals surface area contributed by atoms with E-state index in [-0.39, 0.29) is 12.1 Å². The van der Waals surface area contributed by atoms with E-state index >= 15 is 0 Å². The molecule has 1 aliphatic rings. The van der Waals surface area contributed by atoms with Crippen LogP contribution in [0.2, 0.25) is 5.02 Å². The summed E-state index contributed by atoms with van der Waals surface area (Å²) in [5, 5.41) is 3.72. The van der Waals surface area contributed by atoms with Crippen LogP contribution in [0.15, 0.2) is 72.8 Å². The van der Waals surface area contributed by atoms with Gasteiger partial charge in [-0.3, -0.25) is 4.90 Å². The summed E-state index contributed by atoms with van der Waals surface area (Å²) >= 11 is 6.12. The van der Waals surface area contributed by atoms with Gasteiger partial charge in [0.1, 0.15) is 0 Å². The molecule has 3 aromatic carbocycles. The highest BCUT2D eigenvalue weighted by Gasteiger charge is 2.24. The van der Waals surface area contributed by atoms with Gasteiger partial charge in [0.2, 0.25) is 0 Å². The molecule has 2 amide bonds. The maximum Gasteiger partial charge on any atom is 0.321 e. The maximum atomic E-state index is 12.7. The molecule has 1 aliphatic heterocycles.